The smallest absolute Gasteiger partial charge is 0.396 e. The van der Waals surface area contributed by atoms with Crippen molar-refractivity contribution in [3.63, 3.8) is 0 Å². The van der Waals surface area contributed by atoms with Gasteiger partial charge in [-0.25, -0.2) is 0 Å². The third-order valence-corrected chi connectivity index (χ3v) is 4.11. The lowest BCUT2D eigenvalue weighted by Crippen LogP contribution is -2.30. The van der Waals surface area contributed by atoms with Gasteiger partial charge in [0.25, 0.3) is 0 Å². The van der Waals surface area contributed by atoms with Gasteiger partial charge in [0.05, 0.1) is 5.56 Å². The first-order valence-corrected chi connectivity index (χ1v) is 6.72. The molecule has 106 valence electrons. The van der Waals surface area contributed by atoms with E-state index in [9.17, 15) is 18.3 Å². The van der Waals surface area contributed by atoms with Crippen molar-refractivity contribution in [2.75, 3.05) is 6.61 Å². The molecule has 0 bridgehead atoms. The molecular formula is C15H19F3O. The molecule has 0 radical (unpaired) electrons. The Morgan fingerprint density at radius 3 is 2.05 bits per heavy atom. The zero-order valence-corrected chi connectivity index (χ0v) is 10.8. The minimum Gasteiger partial charge on any atom is -0.396 e. The number of hydrogen-bond donors (Lipinski definition) is 1. The van der Waals surface area contributed by atoms with E-state index in [1.54, 1.807) is 0 Å². The van der Waals surface area contributed by atoms with Gasteiger partial charge in [0.1, 0.15) is 0 Å². The molecule has 19 heavy (non-hydrogen) atoms. The van der Waals surface area contributed by atoms with E-state index in [1.165, 1.54) is 18.6 Å². The molecule has 0 unspecified atom stereocenters. The Kier molecular flexibility index (Phi) is 4.19. The Labute approximate surface area is 111 Å². The van der Waals surface area contributed by atoms with Crippen LogP contribution in [0.15, 0.2) is 24.3 Å². The van der Waals surface area contributed by atoms with Crippen molar-refractivity contribution in [1.29, 1.82) is 0 Å². The number of aliphatic hydroxyl groups is 1. The summed E-state index contributed by atoms with van der Waals surface area (Å²) in [6, 6.07) is 5.33. The quantitative estimate of drug-likeness (QED) is 0.874. The van der Waals surface area contributed by atoms with Crippen molar-refractivity contribution in [3.05, 3.63) is 35.4 Å². The third-order valence-electron chi connectivity index (χ3n) is 4.11. The van der Waals surface area contributed by atoms with Gasteiger partial charge in [0.15, 0.2) is 0 Å². The summed E-state index contributed by atoms with van der Waals surface area (Å²) in [7, 11) is 0. The minimum atomic E-state index is -4.28. The molecule has 0 saturated heterocycles. The van der Waals surface area contributed by atoms with E-state index < -0.39 is 11.7 Å². The monoisotopic (exact) mass is 272 g/mol. The maximum absolute atomic E-state index is 12.5. The molecule has 1 aliphatic carbocycles. The topological polar surface area (TPSA) is 20.2 Å². The average molecular weight is 272 g/mol. The van der Waals surface area contributed by atoms with Gasteiger partial charge in [0, 0.05) is 6.61 Å². The van der Waals surface area contributed by atoms with E-state index >= 15 is 0 Å². The van der Waals surface area contributed by atoms with Gasteiger partial charge < -0.3 is 5.11 Å². The van der Waals surface area contributed by atoms with Crippen LogP contribution >= 0.6 is 0 Å². The molecule has 0 amide bonds. The molecular weight excluding hydrogens is 253 g/mol. The van der Waals surface area contributed by atoms with Gasteiger partial charge in [-0.15, -0.1) is 0 Å². The lowest BCUT2D eigenvalue weighted by Gasteiger charge is -2.35. The van der Waals surface area contributed by atoms with E-state index in [1.807, 2.05) is 0 Å². The number of aliphatic hydroxyl groups excluding tert-OH is 1. The fraction of sp³-hybridized carbons (Fsp3) is 0.600. The number of hydrogen-bond acceptors (Lipinski definition) is 1. The second-order valence-electron chi connectivity index (χ2n) is 5.59. The Morgan fingerprint density at radius 1 is 1.00 bits per heavy atom. The van der Waals surface area contributed by atoms with Gasteiger partial charge in [0.2, 0.25) is 0 Å². The minimum absolute atomic E-state index is 0.119. The summed E-state index contributed by atoms with van der Waals surface area (Å²) in [5, 5.41) is 9.61. The highest BCUT2D eigenvalue weighted by molar-refractivity contribution is 5.25. The summed E-state index contributed by atoms with van der Waals surface area (Å²) in [5.41, 5.74) is 0.139. The molecule has 4 heteroatoms. The molecule has 0 atom stereocenters. The van der Waals surface area contributed by atoms with Crippen molar-refractivity contribution in [3.8, 4) is 0 Å². The van der Waals surface area contributed by atoms with Gasteiger partial charge >= 0.3 is 6.18 Å². The van der Waals surface area contributed by atoms with Crippen molar-refractivity contribution < 1.29 is 18.3 Å². The van der Waals surface area contributed by atoms with E-state index in [0.29, 0.717) is 6.42 Å². The molecule has 0 aromatic heterocycles. The average Bonchev–Trinajstić information content (AvgIpc) is 2.39. The molecule has 0 aliphatic heterocycles. The van der Waals surface area contributed by atoms with Crippen LogP contribution in [0.4, 0.5) is 13.2 Å². The van der Waals surface area contributed by atoms with Crippen LogP contribution in [0.25, 0.3) is 0 Å². The highest BCUT2D eigenvalue weighted by Crippen LogP contribution is 2.39. The summed E-state index contributed by atoms with van der Waals surface area (Å²) >= 11 is 0. The van der Waals surface area contributed by atoms with Gasteiger partial charge in [-0.1, -0.05) is 31.4 Å². The van der Waals surface area contributed by atoms with E-state index in [0.717, 1.165) is 43.4 Å². The van der Waals surface area contributed by atoms with Crippen molar-refractivity contribution in [2.45, 2.75) is 44.7 Å². The van der Waals surface area contributed by atoms with E-state index in [2.05, 4.69) is 0 Å². The first-order valence-electron chi connectivity index (χ1n) is 6.72. The van der Waals surface area contributed by atoms with Crippen LogP contribution in [-0.2, 0) is 12.6 Å². The van der Waals surface area contributed by atoms with E-state index in [-0.39, 0.29) is 12.0 Å². The fourth-order valence-corrected chi connectivity index (χ4v) is 2.94. The normalized spacial score (nSPS) is 19.4. The summed E-state index contributed by atoms with van der Waals surface area (Å²) in [5.74, 6) is 0. The van der Waals surface area contributed by atoms with E-state index in [4.69, 9.17) is 0 Å². The summed E-state index contributed by atoms with van der Waals surface area (Å²) < 4.78 is 37.4. The molecule has 1 aromatic carbocycles. The van der Waals surface area contributed by atoms with Gasteiger partial charge in [-0.05, 0) is 42.4 Å². The standard InChI is InChI=1S/C15H19F3O/c16-15(17,18)13-6-4-12(5-7-13)10-14(11-19)8-2-1-3-9-14/h4-7,19H,1-3,8-11H2. The van der Waals surface area contributed by atoms with Crippen LogP contribution in [0.2, 0.25) is 0 Å². The third kappa shape index (κ3) is 3.50. The fourth-order valence-electron chi connectivity index (χ4n) is 2.94. The van der Waals surface area contributed by atoms with Crippen LogP contribution in [-0.4, -0.2) is 11.7 Å². The number of benzene rings is 1. The second kappa shape index (κ2) is 5.53. The summed E-state index contributed by atoms with van der Waals surface area (Å²) in [6.45, 7) is 0.119. The highest BCUT2D eigenvalue weighted by Gasteiger charge is 2.33. The molecule has 1 aromatic rings. The van der Waals surface area contributed by atoms with Gasteiger partial charge in [-0.2, -0.15) is 13.2 Å². The Balaban J connectivity index is 2.10. The number of rotatable bonds is 3. The van der Waals surface area contributed by atoms with Crippen LogP contribution in [0.1, 0.15) is 43.2 Å². The molecule has 1 aliphatic rings. The summed E-state index contributed by atoms with van der Waals surface area (Å²) in [6.07, 6.45) is 1.70. The Hall–Kier alpha value is -1.03. The largest absolute Gasteiger partial charge is 0.416 e. The predicted molar refractivity (Wildman–Crippen MR) is 67.8 cm³/mol. The lowest BCUT2D eigenvalue weighted by molar-refractivity contribution is -0.137. The highest BCUT2D eigenvalue weighted by atomic mass is 19.4. The van der Waals surface area contributed by atoms with Crippen molar-refractivity contribution in [1.82, 2.24) is 0 Å². The zero-order valence-electron chi connectivity index (χ0n) is 10.8. The molecule has 2 rings (SSSR count). The van der Waals surface area contributed by atoms with Crippen LogP contribution in [0, 0.1) is 5.41 Å². The second-order valence-corrected chi connectivity index (χ2v) is 5.59. The van der Waals surface area contributed by atoms with Crippen LogP contribution < -0.4 is 0 Å². The van der Waals surface area contributed by atoms with Crippen molar-refractivity contribution >= 4 is 0 Å². The maximum Gasteiger partial charge on any atom is 0.416 e. The first kappa shape index (κ1) is 14.4. The Morgan fingerprint density at radius 2 is 1.58 bits per heavy atom. The maximum atomic E-state index is 12.5. The first-order chi connectivity index (χ1) is 8.95. The molecule has 0 heterocycles. The molecule has 1 nitrogen and oxygen atoms in total. The van der Waals surface area contributed by atoms with Gasteiger partial charge in [-0.3, -0.25) is 0 Å². The Bertz CT molecular complexity index is 402. The number of halogens is 3. The lowest BCUT2D eigenvalue weighted by atomic mass is 9.71. The van der Waals surface area contributed by atoms with Crippen LogP contribution in [0.5, 0.6) is 0 Å². The molecule has 1 fully saturated rings. The summed E-state index contributed by atoms with van der Waals surface area (Å²) in [4.78, 5) is 0. The van der Waals surface area contributed by atoms with Crippen molar-refractivity contribution in [2.24, 2.45) is 5.41 Å². The zero-order chi connectivity index (χ0) is 13.9. The molecule has 1 saturated carbocycles. The van der Waals surface area contributed by atoms with Crippen LogP contribution in [0.3, 0.4) is 0 Å². The molecule has 0 spiro atoms. The predicted octanol–water partition coefficient (Wildman–Crippen LogP) is 4.19. The molecule has 1 N–H and O–H groups in total. The SMILES string of the molecule is OCC1(Cc2ccc(C(F)(F)F)cc2)CCCCC1. The number of alkyl halides is 3.